The van der Waals surface area contributed by atoms with Gasteiger partial charge in [-0.25, -0.2) is 0 Å². The number of nitrogens with one attached hydrogen (secondary N) is 1. The zero-order chi connectivity index (χ0) is 23.7. The van der Waals surface area contributed by atoms with Crippen LogP contribution in [0, 0.1) is 0 Å². The third-order valence-corrected chi connectivity index (χ3v) is 5.55. The highest BCUT2D eigenvalue weighted by molar-refractivity contribution is 5.91. The van der Waals surface area contributed by atoms with Gasteiger partial charge in [0.2, 0.25) is 0 Å². The summed E-state index contributed by atoms with van der Waals surface area (Å²) >= 11 is 0. The number of furan rings is 1. The van der Waals surface area contributed by atoms with Gasteiger partial charge in [0, 0.05) is 33.4 Å². The predicted octanol–water partition coefficient (Wildman–Crippen LogP) is 5.55. The summed E-state index contributed by atoms with van der Waals surface area (Å²) in [5, 5.41) is 2.87. The second-order valence-electron chi connectivity index (χ2n) is 9.45. The van der Waals surface area contributed by atoms with Gasteiger partial charge in [-0.15, -0.1) is 0 Å². The van der Waals surface area contributed by atoms with Crippen LogP contribution in [0.15, 0.2) is 71.1 Å². The maximum Gasteiger partial charge on any atom is 0.286 e. The molecular weight excluding hydrogens is 412 g/mol. The molecule has 176 valence electrons. The molecule has 33 heavy (non-hydrogen) atoms. The second-order valence-corrected chi connectivity index (χ2v) is 9.45. The minimum Gasteiger partial charge on any atom is -0.455 e. The van der Waals surface area contributed by atoms with Gasteiger partial charge in [-0.3, -0.25) is 9.69 Å². The molecule has 0 saturated carbocycles. The van der Waals surface area contributed by atoms with Crippen LogP contribution in [0.3, 0.4) is 0 Å². The lowest BCUT2D eigenvalue weighted by Crippen LogP contribution is -2.25. The van der Waals surface area contributed by atoms with Crippen LogP contribution in [0.2, 0.25) is 0 Å². The van der Waals surface area contributed by atoms with E-state index >= 15 is 0 Å². The first-order valence-corrected chi connectivity index (χ1v) is 11.6. The SMILES string of the molecule is COCCCNC(=O)c1ccc(CN(Cc2ccccc2)Cc2ccc(C(C)(C)C)cc2)o1. The Morgan fingerprint density at radius 1 is 0.909 bits per heavy atom. The van der Waals surface area contributed by atoms with Crippen molar-refractivity contribution in [2.75, 3.05) is 20.3 Å². The first kappa shape index (κ1) is 24.7. The van der Waals surface area contributed by atoms with Crippen LogP contribution in [0.4, 0.5) is 0 Å². The number of hydrogen-bond donors (Lipinski definition) is 1. The van der Waals surface area contributed by atoms with Gasteiger partial charge in [0.1, 0.15) is 5.76 Å². The van der Waals surface area contributed by atoms with Gasteiger partial charge >= 0.3 is 0 Å². The minimum absolute atomic E-state index is 0.136. The average Bonchev–Trinajstić information content (AvgIpc) is 3.25. The van der Waals surface area contributed by atoms with E-state index in [1.807, 2.05) is 12.1 Å². The molecule has 5 heteroatoms. The van der Waals surface area contributed by atoms with Crippen LogP contribution in [0.25, 0.3) is 0 Å². The number of ether oxygens (including phenoxy) is 1. The molecule has 0 atom stereocenters. The summed E-state index contributed by atoms with van der Waals surface area (Å²) in [7, 11) is 1.65. The number of carbonyl (C=O) groups is 1. The van der Waals surface area contributed by atoms with E-state index in [1.165, 1.54) is 16.7 Å². The third-order valence-electron chi connectivity index (χ3n) is 5.55. The van der Waals surface area contributed by atoms with Gasteiger partial charge in [0.15, 0.2) is 5.76 Å². The van der Waals surface area contributed by atoms with Gasteiger partial charge in [0.05, 0.1) is 6.54 Å². The van der Waals surface area contributed by atoms with E-state index in [2.05, 4.69) is 79.5 Å². The molecule has 0 aliphatic heterocycles. The number of amides is 1. The maximum absolute atomic E-state index is 12.3. The van der Waals surface area contributed by atoms with Crippen LogP contribution in [0.5, 0.6) is 0 Å². The molecule has 0 bridgehead atoms. The Labute approximate surface area is 197 Å². The largest absolute Gasteiger partial charge is 0.455 e. The lowest BCUT2D eigenvalue weighted by molar-refractivity contribution is 0.0916. The summed E-state index contributed by atoms with van der Waals surface area (Å²) in [6.45, 7) is 10.1. The Hall–Kier alpha value is -2.89. The zero-order valence-corrected chi connectivity index (χ0v) is 20.3. The molecule has 0 saturated heterocycles. The molecule has 0 aliphatic carbocycles. The summed E-state index contributed by atoms with van der Waals surface area (Å²) in [5.41, 5.74) is 3.96. The Morgan fingerprint density at radius 3 is 2.21 bits per heavy atom. The van der Waals surface area contributed by atoms with E-state index in [0.717, 1.165) is 25.3 Å². The van der Waals surface area contributed by atoms with E-state index in [4.69, 9.17) is 9.15 Å². The van der Waals surface area contributed by atoms with Crippen molar-refractivity contribution in [2.45, 2.75) is 52.2 Å². The standard InChI is InChI=1S/C28H36N2O3/c1-28(2,3)24-13-11-23(12-14-24)20-30(19-22-9-6-5-7-10-22)21-25-15-16-26(33-25)27(31)29-17-8-18-32-4/h5-7,9-16H,8,17-21H2,1-4H3,(H,29,31). The van der Waals surface area contributed by atoms with Gasteiger partial charge in [-0.1, -0.05) is 75.4 Å². The normalized spacial score (nSPS) is 11.7. The zero-order valence-electron chi connectivity index (χ0n) is 20.3. The Morgan fingerprint density at radius 2 is 1.58 bits per heavy atom. The summed E-state index contributed by atoms with van der Waals surface area (Å²) in [5.74, 6) is 0.931. The number of methoxy groups -OCH3 is 1. The van der Waals surface area contributed by atoms with Gasteiger partial charge < -0.3 is 14.5 Å². The lowest BCUT2D eigenvalue weighted by Gasteiger charge is -2.23. The number of nitrogens with zero attached hydrogens (tertiary/aromatic N) is 1. The van der Waals surface area contributed by atoms with Crippen molar-refractivity contribution in [3.05, 3.63) is 94.9 Å². The molecule has 0 fully saturated rings. The Kier molecular flexibility index (Phi) is 8.87. The van der Waals surface area contributed by atoms with Gasteiger partial charge in [-0.05, 0) is 40.7 Å². The molecule has 1 N–H and O–H groups in total. The van der Waals surface area contributed by atoms with Crippen LogP contribution in [-0.2, 0) is 29.8 Å². The second kappa shape index (κ2) is 11.8. The quantitative estimate of drug-likeness (QED) is 0.391. The van der Waals surface area contributed by atoms with Crippen molar-refractivity contribution in [1.29, 1.82) is 0 Å². The molecule has 0 aliphatic rings. The fourth-order valence-corrected chi connectivity index (χ4v) is 3.69. The maximum atomic E-state index is 12.3. The molecular formula is C28H36N2O3. The van der Waals surface area contributed by atoms with Crippen LogP contribution in [0.1, 0.15) is 60.2 Å². The highest BCUT2D eigenvalue weighted by Gasteiger charge is 2.16. The molecule has 1 aromatic heterocycles. The molecule has 0 unspecified atom stereocenters. The number of rotatable bonds is 11. The topological polar surface area (TPSA) is 54.7 Å². The predicted molar refractivity (Wildman–Crippen MR) is 132 cm³/mol. The van der Waals surface area contributed by atoms with E-state index in [-0.39, 0.29) is 11.3 Å². The molecule has 5 nitrogen and oxygen atoms in total. The molecule has 1 heterocycles. The number of benzene rings is 2. The van der Waals surface area contributed by atoms with E-state index in [9.17, 15) is 4.79 Å². The third kappa shape index (κ3) is 7.88. The molecule has 1 amide bonds. The summed E-state index contributed by atoms with van der Waals surface area (Å²) in [6, 6.07) is 22.9. The molecule has 0 radical (unpaired) electrons. The van der Waals surface area contributed by atoms with E-state index in [0.29, 0.717) is 25.5 Å². The van der Waals surface area contributed by atoms with Crippen molar-refractivity contribution in [2.24, 2.45) is 0 Å². The fraction of sp³-hybridized carbons (Fsp3) is 0.393. The van der Waals surface area contributed by atoms with Gasteiger partial charge in [-0.2, -0.15) is 0 Å². The van der Waals surface area contributed by atoms with E-state index in [1.54, 1.807) is 13.2 Å². The molecule has 0 spiro atoms. The molecule has 2 aromatic carbocycles. The van der Waals surface area contributed by atoms with Crippen molar-refractivity contribution in [3.63, 3.8) is 0 Å². The van der Waals surface area contributed by atoms with Crippen molar-refractivity contribution in [3.8, 4) is 0 Å². The highest BCUT2D eigenvalue weighted by Crippen LogP contribution is 2.23. The summed E-state index contributed by atoms with van der Waals surface area (Å²) in [6.07, 6.45) is 0.772. The minimum atomic E-state index is -0.190. The van der Waals surface area contributed by atoms with Crippen LogP contribution < -0.4 is 5.32 Å². The lowest BCUT2D eigenvalue weighted by atomic mass is 9.87. The fourth-order valence-electron chi connectivity index (χ4n) is 3.69. The smallest absolute Gasteiger partial charge is 0.286 e. The van der Waals surface area contributed by atoms with Crippen molar-refractivity contribution < 1.29 is 13.9 Å². The monoisotopic (exact) mass is 448 g/mol. The van der Waals surface area contributed by atoms with Crippen LogP contribution >= 0.6 is 0 Å². The first-order chi connectivity index (χ1) is 15.8. The average molecular weight is 449 g/mol. The first-order valence-electron chi connectivity index (χ1n) is 11.6. The number of carbonyl (C=O) groups excluding carboxylic acids is 1. The van der Waals surface area contributed by atoms with Crippen molar-refractivity contribution in [1.82, 2.24) is 10.2 Å². The Balaban J connectivity index is 1.68. The number of hydrogen-bond acceptors (Lipinski definition) is 4. The molecule has 3 rings (SSSR count). The van der Waals surface area contributed by atoms with E-state index < -0.39 is 0 Å². The van der Waals surface area contributed by atoms with Crippen LogP contribution in [-0.4, -0.2) is 31.1 Å². The van der Waals surface area contributed by atoms with Gasteiger partial charge in [0.25, 0.3) is 5.91 Å². The summed E-state index contributed by atoms with van der Waals surface area (Å²) < 4.78 is 10.9. The summed E-state index contributed by atoms with van der Waals surface area (Å²) in [4.78, 5) is 14.7. The van der Waals surface area contributed by atoms with Crippen molar-refractivity contribution >= 4 is 5.91 Å². The Bertz CT molecular complexity index is 988. The highest BCUT2D eigenvalue weighted by atomic mass is 16.5. The molecule has 3 aromatic rings.